The zero-order valence-corrected chi connectivity index (χ0v) is 5.48. The molecule has 1 rings (SSSR count). The smallest absolute Gasteiger partial charge is 0.0700 e. The van der Waals surface area contributed by atoms with E-state index in [2.05, 4.69) is 12.2 Å². The summed E-state index contributed by atoms with van der Waals surface area (Å²) in [6.45, 7) is 3.03. The van der Waals surface area contributed by atoms with Gasteiger partial charge in [0.15, 0.2) is 0 Å². The second kappa shape index (κ2) is 2.46. The van der Waals surface area contributed by atoms with Crippen molar-refractivity contribution in [1.29, 1.82) is 0 Å². The van der Waals surface area contributed by atoms with Gasteiger partial charge in [0.05, 0.1) is 6.10 Å². The van der Waals surface area contributed by atoms with Gasteiger partial charge in [0.1, 0.15) is 0 Å². The van der Waals surface area contributed by atoms with Crippen molar-refractivity contribution in [2.24, 2.45) is 0 Å². The summed E-state index contributed by atoms with van der Waals surface area (Å²) in [4.78, 5) is 0. The number of rotatable bonds is 1. The molecule has 0 aromatic carbocycles. The fourth-order valence-corrected chi connectivity index (χ4v) is 1.11. The predicted octanol–water partition coefficient (Wildman–Crippen LogP) is 0.383. The minimum absolute atomic E-state index is 0.417. The van der Waals surface area contributed by atoms with Crippen LogP contribution in [-0.2, 0) is 4.74 Å². The molecule has 1 saturated heterocycles. The summed E-state index contributed by atoms with van der Waals surface area (Å²) in [5.74, 6) is 0. The van der Waals surface area contributed by atoms with Crippen LogP contribution in [0, 0.1) is 0 Å². The summed E-state index contributed by atoms with van der Waals surface area (Å²) in [7, 11) is 1.98. The largest absolute Gasteiger partial charge is 0.377 e. The van der Waals surface area contributed by atoms with Gasteiger partial charge >= 0.3 is 0 Å². The zero-order chi connectivity index (χ0) is 5.98. The van der Waals surface area contributed by atoms with Gasteiger partial charge in [-0.1, -0.05) is 0 Å². The molecule has 1 fully saturated rings. The second-order valence-electron chi connectivity index (χ2n) is 2.26. The molecular weight excluding hydrogens is 102 g/mol. The highest BCUT2D eigenvalue weighted by molar-refractivity contribution is 4.76. The van der Waals surface area contributed by atoms with E-state index in [1.807, 2.05) is 7.05 Å². The van der Waals surface area contributed by atoms with Crippen LogP contribution in [0.25, 0.3) is 0 Å². The Morgan fingerprint density at radius 3 is 2.62 bits per heavy atom. The maximum absolute atomic E-state index is 5.29. The van der Waals surface area contributed by atoms with Crippen molar-refractivity contribution in [3.63, 3.8) is 0 Å². The predicted molar refractivity (Wildman–Crippen MR) is 32.9 cm³/mol. The molecule has 0 aliphatic carbocycles. The average Bonchev–Trinajstić information content (AvgIpc) is 2.14. The summed E-state index contributed by atoms with van der Waals surface area (Å²) in [6.07, 6.45) is 1.58. The van der Waals surface area contributed by atoms with Crippen molar-refractivity contribution in [2.45, 2.75) is 25.5 Å². The zero-order valence-electron chi connectivity index (χ0n) is 5.48. The first-order valence-electron chi connectivity index (χ1n) is 3.13. The van der Waals surface area contributed by atoms with Gasteiger partial charge in [0.25, 0.3) is 0 Å². The Morgan fingerprint density at radius 2 is 2.38 bits per heavy atom. The van der Waals surface area contributed by atoms with Gasteiger partial charge in [0.2, 0.25) is 0 Å². The maximum Gasteiger partial charge on any atom is 0.0700 e. The number of hydrogen-bond acceptors (Lipinski definition) is 2. The van der Waals surface area contributed by atoms with Gasteiger partial charge in [-0.25, -0.2) is 0 Å². The van der Waals surface area contributed by atoms with Gasteiger partial charge in [-0.05, 0) is 20.4 Å². The Hall–Kier alpha value is -0.0800. The lowest BCUT2D eigenvalue weighted by Crippen LogP contribution is -2.31. The van der Waals surface area contributed by atoms with Crippen molar-refractivity contribution in [3.8, 4) is 0 Å². The van der Waals surface area contributed by atoms with Crippen LogP contribution in [0.2, 0.25) is 0 Å². The number of hydrogen-bond donors (Lipinski definition) is 1. The lowest BCUT2D eigenvalue weighted by Gasteiger charge is -2.10. The Balaban J connectivity index is 2.30. The number of nitrogens with one attached hydrogen (secondary N) is 1. The quantitative estimate of drug-likeness (QED) is 0.533. The highest BCUT2D eigenvalue weighted by Gasteiger charge is 2.21. The van der Waals surface area contributed by atoms with E-state index in [0.717, 1.165) is 13.0 Å². The molecule has 1 aliphatic rings. The van der Waals surface area contributed by atoms with E-state index in [9.17, 15) is 0 Å². The molecular formula is C6H13NO. The Bertz CT molecular complexity index is 74.9. The molecule has 8 heavy (non-hydrogen) atoms. The van der Waals surface area contributed by atoms with Crippen LogP contribution in [0.15, 0.2) is 0 Å². The van der Waals surface area contributed by atoms with E-state index in [-0.39, 0.29) is 0 Å². The summed E-state index contributed by atoms with van der Waals surface area (Å²) >= 11 is 0. The van der Waals surface area contributed by atoms with Crippen molar-refractivity contribution < 1.29 is 4.74 Å². The molecule has 0 aromatic heterocycles. The molecule has 0 radical (unpaired) electrons. The second-order valence-corrected chi connectivity index (χ2v) is 2.26. The van der Waals surface area contributed by atoms with Crippen molar-refractivity contribution >= 4 is 0 Å². The third kappa shape index (κ3) is 1.01. The van der Waals surface area contributed by atoms with Crippen LogP contribution < -0.4 is 5.32 Å². The van der Waals surface area contributed by atoms with Crippen LogP contribution in [0.4, 0.5) is 0 Å². The Kier molecular flexibility index (Phi) is 1.86. The first-order valence-corrected chi connectivity index (χ1v) is 3.13. The molecule has 1 N–H and O–H groups in total. The molecule has 0 spiro atoms. The van der Waals surface area contributed by atoms with E-state index in [1.54, 1.807) is 0 Å². The van der Waals surface area contributed by atoms with E-state index >= 15 is 0 Å². The first kappa shape index (κ1) is 6.05. The summed E-state index contributed by atoms with van der Waals surface area (Å²) in [5, 5.41) is 3.19. The molecule has 2 nitrogen and oxygen atoms in total. The Labute approximate surface area is 50.2 Å². The topological polar surface area (TPSA) is 21.3 Å². The van der Waals surface area contributed by atoms with Crippen LogP contribution >= 0.6 is 0 Å². The molecule has 1 heterocycles. The normalized spacial score (nSPS) is 38.2. The standard InChI is InChI=1S/C6H13NO/c1-5-6(7-2)3-4-8-5/h5-7H,3-4H2,1-2H3. The molecule has 2 atom stereocenters. The van der Waals surface area contributed by atoms with E-state index < -0.39 is 0 Å². The van der Waals surface area contributed by atoms with Gasteiger partial charge in [-0.15, -0.1) is 0 Å². The van der Waals surface area contributed by atoms with Gasteiger partial charge < -0.3 is 10.1 Å². The highest BCUT2D eigenvalue weighted by Crippen LogP contribution is 2.10. The minimum atomic E-state index is 0.417. The number of ether oxygens (including phenoxy) is 1. The molecule has 2 heteroatoms. The average molecular weight is 115 g/mol. The van der Waals surface area contributed by atoms with E-state index in [0.29, 0.717) is 12.1 Å². The fourth-order valence-electron chi connectivity index (χ4n) is 1.11. The van der Waals surface area contributed by atoms with Crippen LogP contribution in [0.5, 0.6) is 0 Å². The molecule has 0 amide bonds. The molecule has 0 aromatic rings. The summed E-state index contributed by atoms with van der Waals surface area (Å²) in [6, 6.07) is 0.593. The van der Waals surface area contributed by atoms with E-state index in [4.69, 9.17) is 4.74 Å². The Morgan fingerprint density at radius 1 is 1.62 bits per heavy atom. The lowest BCUT2D eigenvalue weighted by molar-refractivity contribution is 0.114. The van der Waals surface area contributed by atoms with Crippen molar-refractivity contribution in [3.05, 3.63) is 0 Å². The van der Waals surface area contributed by atoms with Crippen LogP contribution in [0.1, 0.15) is 13.3 Å². The highest BCUT2D eigenvalue weighted by atomic mass is 16.5. The SMILES string of the molecule is CNC1CCOC1C. The maximum atomic E-state index is 5.29. The van der Waals surface area contributed by atoms with Crippen LogP contribution in [0.3, 0.4) is 0 Å². The molecule has 0 bridgehead atoms. The summed E-state index contributed by atoms with van der Waals surface area (Å²) in [5.41, 5.74) is 0. The lowest BCUT2D eigenvalue weighted by atomic mass is 10.2. The first-order chi connectivity index (χ1) is 3.84. The summed E-state index contributed by atoms with van der Waals surface area (Å²) < 4.78 is 5.29. The monoisotopic (exact) mass is 115 g/mol. The third-order valence-electron chi connectivity index (χ3n) is 1.75. The number of likely N-dealkylation sites (N-methyl/N-ethyl adjacent to an activating group) is 1. The van der Waals surface area contributed by atoms with Gasteiger partial charge in [-0.3, -0.25) is 0 Å². The molecule has 0 saturated carbocycles. The van der Waals surface area contributed by atoms with Crippen molar-refractivity contribution in [2.75, 3.05) is 13.7 Å². The third-order valence-corrected chi connectivity index (χ3v) is 1.75. The molecule has 48 valence electrons. The van der Waals surface area contributed by atoms with Gasteiger partial charge in [0, 0.05) is 12.6 Å². The molecule has 1 aliphatic heterocycles. The van der Waals surface area contributed by atoms with E-state index in [1.165, 1.54) is 0 Å². The fraction of sp³-hybridized carbons (Fsp3) is 1.00. The molecule has 2 unspecified atom stereocenters. The van der Waals surface area contributed by atoms with Crippen molar-refractivity contribution in [1.82, 2.24) is 5.32 Å². The minimum Gasteiger partial charge on any atom is -0.377 e. The van der Waals surface area contributed by atoms with Gasteiger partial charge in [-0.2, -0.15) is 0 Å². The van der Waals surface area contributed by atoms with Crippen LogP contribution in [-0.4, -0.2) is 25.8 Å².